The van der Waals surface area contributed by atoms with Gasteiger partial charge in [-0.1, -0.05) is 174 Å². The summed E-state index contributed by atoms with van der Waals surface area (Å²) in [5.74, 6) is 0.578. The molecule has 6 aromatic rings. The van der Waals surface area contributed by atoms with Crippen LogP contribution >= 0.6 is 11.3 Å². The molecule has 5 heteroatoms. The standard InChI is InChI=1S/C37H36NS.C16H30N2.Ir/c1-35(2,3)29-19-23(18-22-10-8-9-11-24(22)29)33-25-12-13-26-28-20-30-31(37(6,7)16-15-36(30,4)5)21-32(28)39-34(26)27(25)14-17-38-33;1-13(2)16(17-14-9-5-3-6-10-14)18-15-11-7-4-8-12-15;/h8-14,17,19-21H,15-16H2,1-7H3;13-16H,3-12H2,1-2H3;/q-1;-2;+3. The van der Waals surface area contributed by atoms with Gasteiger partial charge in [-0.2, -0.15) is 0 Å². The van der Waals surface area contributed by atoms with Crippen LogP contribution < -0.4 is 0 Å². The molecule has 0 saturated heterocycles. The second kappa shape index (κ2) is 17.4. The molecular formula is C53H66IrN3S. The predicted molar refractivity (Wildman–Crippen MR) is 249 cm³/mol. The molecule has 2 saturated carbocycles. The maximum absolute atomic E-state index is 5.06. The molecular weight excluding hydrogens is 903 g/mol. The molecule has 0 unspecified atom stereocenters. The molecule has 9 rings (SSSR count). The second-order valence-electron chi connectivity index (χ2n) is 20.4. The molecule has 0 atom stereocenters. The van der Waals surface area contributed by atoms with Crippen LogP contribution in [-0.2, 0) is 36.4 Å². The molecule has 2 heterocycles. The Bertz CT molecular complexity index is 2350. The van der Waals surface area contributed by atoms with E-state index in [-0.39, 0.29) is 42.5 Å². The number of hydrogen-bond donors (Lipinski definition) is 0. The van der Waals surface area contributed by atoms with E-state index in [1.54, 1.807) is 0 Å². The van der Waals surface area contributed by atoms with Crippen LogP contribution in [-0.4, -0.2) is 23.2 Å². The summed E-state index contributed by atoms with van der Waals surface area (Å²) in [6, 6.07) is 27.7. The third-order valence-electron chi connectivity index (χ3n) is 13.7. The predicted octanol–water partition coefficient (Wildman–Crippen LogP) is 16.2. The summed E-state index contributed by atoms with van der Waals surface area (Å²) >= 11 is 1.94. The smallest absolute Gasteiger partial charge is 0.675 e. The van der Waals surface area contributed by atoms with E-state index in [0.717, 1.165) is 16.6 Å². The number of benzene rings is 4. The fraction of sp³-hybridized carbons (Fsp3) is 0.528. The Morgan fingerprint density at radius 3 is 1.86 bits per heavy atom. The number of pyridine rings is 1. The monoisotopic (exact) mass is 969 g/mol. The Kier molecular flexibility index (Phi) is 13.0. The van der Waals surface area contributed by atoms with Crippen molar-refractivity contribution in [1.29, 1.82) is 0 Å². The summed E-state index contributed by atoms with van der Waals surface area (Å²) in [5.41, 5.74) is 6.93. The molecule has 0 bridgehead atoms. The van der Waals surface area contributed by atoms with E-state index in [2.05, 4.69) is 129 Å². The van der Waals surface area contributed by atoms with Gasteiger partial charge in [0.25, 0.3) is 0 Å². The van der Waals surface area contributed by atoms with Gasteiger partial charge in [-0.3, -0.25) is 4.98 Å². The van der Waals surface area contributed by atoms with Gasteiger partial charge < -0.3 is 10.6 Å². The first-order valence-corrected chi connectivity index (χ1v) is 23.2. The number of fused-ring (bicyclic) bond motifs is 7. The van der Waals surface area contributed by atoms with Crippen LogP contribution in [0.5, 0.6) is 0 Å². The first-order chi connectivity index (χ1) is 27.2. The third-order valence-corrected chi connectivity index (χ3v) is 14.9. The third kappa shape index (κ3) is 8.87. The maximum Gasteiger partial charge on any atom is 3.00 e. The van der Waals surface area contributed by atoms with Crippen LogP contribution in [0.15, 0.2) is 66.9 Å². The summed E-state index contributed by atoms with van der Waals surface area (Å²) in [5, 5.41) is 17.8. The van der Waals surface area contributed by atoms with Crippen molar-refractivity contribution < 1.29 is 20.1 Å². The Labute approximate surface area is 367 Å². The normalized spacial score (nSPS) is 18.7. The Morgan fingerprint density at radius 2 is 1.26 bits per heavy atom. The van der Waals surface area contributed by atoms with E-state index in [0.29, 0.717) is 18.0 Å². The van der Waals surface area contributed by atoms with Gasteiger partial charge in [0.15, 0.2) is 0 Å². The van der Waals surface area contributed by atoms with E-state index in [4.69, 9.17) is 15.6 Å². The zero-order chi connectivity index (χ0) is 40.1. The quantitative estimate of drug-likeness (QED) is 0.153. The minimum atomic E-state index is 0. The van der Waals surface area contributed by atoms with Gasteiger partial charge in [0.1, 0.15) is 0 Å². The van der Waals surface area contributed by atoms with Crippen molar-refractivity contribution in [2.75, 3.05) is 0 Å². The second-order valence-corrected chi connectivity index (χ2v) is 21.4. The molecule has 2 fully saturated rings. The fourth-order valence-electron chi connectivity index (χ4n) is 10.0. The molecule has 0 amide bonds. The van der Waals surface area contributed by atoms with Crippen LogP contribution in [0, 0.1) is 12.0 Å². The first kappa shape index (κ1) is 43.4. The molecule has 308 valence electrons. The fourth-order valence-corrected chi connectivity index (χ4v) is 11.3. The summed E-state index contributed by atoms with van der Waals surface area (Å²) in [4.78, 5) is 4.94. The van der Waals surface area contributed by atoms with Gasteiger partial charge in [0, 0.05) is 32.1 Å². The molecule has 0 radical (unpaired) electrons. The van der Waals surface area contributed by atoms with E-state index < -0.39 is 0 Å². The Morgan fingerprint density at radius 1 is 0.690 bits per heavy atom. The minimum absolute atomic E-state index is 0. The van der Waals surface area contributed by atoms with Crippen LogP contribution in [0.1, 0.15) is 156 Å². The summed E-state index contributed by atoms with van der Waals surface area (Å²) in [6.45, 7) is 21.1. The molecule has 3 nitrogen and oxygen atoms in total. The molecule has 2 aromatic heterocycles. The van der Waals surface area contributed by atoms with Gasteiger partial charge in [0.2, 0.25) is 0 Å². The van der Waals surface area contributed by atoms with E-state index in [1.165, 1.54) is 130 Å². The Balaban J connectivity index is 0.000000227. The zero-order valence-corrected chi connectivity index (χ0v) is 39.9. The summed E-state index contributed by atoms with van der Waals surface area (Å²) in [6.07, 6.45) is 18.3. The largest absolute Gasteiger partial charge is 3.00 e. The Hall–Kier alpha value is -2.66. The van der Waals surface area contributed by atoms with Crippen molar-refractivity contribution in [2.45, 2.75) is 174 Å². The number of nitrogens with zero attached hydrogens (tertiary/aromatic N) is 3. The zero-order valence-electron chi connectivity index (χ0n) is 36.7. The van der Waals surface area contributed by atoms with E-state index in [1.807, 2.05) is 17.5 Å². The molecule has 58 heavy (non-hydrogen) atoms. The van der Waals surface area contributed by atoms with Gasteiger partial charge in [-0.05, 0) is 69.2 Å². The molecule has 3 aliphatic rings. The van der Waals surface area contributed by atoms with Gasteiger partial charge >= 0.3 is 20.1 Å². The van der Waals surface area contributed by atoms with Crippen LogP contribution in [0.4, 0.5) is 0 Å². The SMILES string of the molecule is CC(C)(C)c1cc(-c2nccc3c2ccc2c4cc5c(cc4sc32)C(C)(C)CCC5(C)C)[c-]c2ccccc12.CC(C)C([N-]C1CCCCC1)[N-]C1CCCCC1.[Ir+3]. The average molecular weight is 969 g/mol. The molecule has 0 aliphatic heterocycles. The summed E-state index contributed by atoms with van der Waals surface area (Å²) < 4.78 is 2.76. The van der Waals surface area contributed by atoms with E-state index >= 15 is 0 Å². The van der Waals surface area contributed by atoms with Crippen molar-refractivity contribution in [3.05, 3.63) is 100 Å². The number of aromatic nitrogens is 1. The molecule has 0 N–H and O–H groups in total. The van der Waals surface area contributed by atoms with Crippen LogP contribution in [0.25, 0.3) is 63.6 Å². The van der Waals surface area contributed by atoms with Crippen molar-refractivity contribution in [1.82, 2.24) is 4.98 Å². The topological polar surface area (TPSA) is 41.1 Å². The van der Waals surface area contributed by atoms with Crippen molar-refractivity contribution in [2.24, 2.45) is 5.92 Å². The number of hydrogen-bond acceptors (Lipinski definition) is 2. The number of thiophene rings is 1. The number of rotatable bonds is 6. The van der Waals surface area contributed by atoms with Gasteiger partial charge in [-0.25, -0.2) is 6.17 Å². The van der Waals surface area contributed by atoms with Crippen LogP contribution in [0.3, 0.4) is 0 Å². The van der Waals surface area contributed by atoms with Gasteiger partial charge in [0.05, 0.1) is 0 Å². The van der Waals surface area contributed by atoms with Crippen molar-refractivity contribution in [3.63, 3.8) is 0 Å². The summed E-state index contributed by atoms with van der Waals surface area (Å²) in [7, 11) is 0. The average Bonchev–Trinajstić information content (AvgIpc) is 3.57. The maximum atomic E-state index is 5.06. The van der Waals surface area contributed by atoms with Gasteiger partial charge in [-0.15, -0.1) is 52.6 Å². The molecule has 4 aromatic carbocycles. The van der Waals surface area contributed by atoms with Crippen molar-refractivity contribution in [3.8, 4) is 11.3 Å². The first-order valence-electron chi connectivity index (χ1n) is 22.3. The van der Waals surface area contributed by atoms with Crippen LogP contribution in [0.2, 0.25) is 0 Å². The van der Waals surface area contributed by atoms with E-state index in [9.17, 15) is 0 Å². The molecule has 0 spiro atoms. The molecule has 3 aliphatic carbocycles. The minimum Gasteiger partial charge on any atom is -0.675 e. The van der Waals surface area contributed by atoms with Crippen molar-refractivity contribution >= 4 is 53.1 Å².